The van der Waals surface area contributed by atoms with Crippen molar-refractivity contribution in [2.24, 2.45) is 0 Å². The van der Waals surface area contributed by atoms with Gasteiger partial charge in [0.15, 0.2) is 61.6 Å². The molecule has 0 aliphatic carbocycles. The van der Waals surface area contributed by atoms with E-state index in [9.17, 15) is 48.3 Å². The molecule has 24 nitrogen and oxygen atoms in total. The molecule has 0 bridgehead atoms. The molecule has 0 aromatic rings. The second kappa shape index (κ2) is 21.8. The van der Waals surface area contributed by atoms with Gasteiger partial charge in [-0.05, 0) is 0 Å². The van der Waals surface area contributed by atoms with Gasteiger partial charge in [0.25, 0.3) is 0 Å². The van der Waals surface area contributed by atoms with Crippen LogP contribution in [0.3, 0.4) is 0 Å². The molecule has 0 spiro atoms. The molecule has 0 aromatic carbocycles. The van der Waals surface area contributed by atoms with E-state index in [0.717, 1.165) is 62.3 Å². The van der Waals surface area contributed by atoms with Crippen molar-refractivity contribution in [2.75, 3.05) is 19.8 Å². The predicted molar refractivity (Wildman–Crippen MR) is 181 cm³/mol. The average Bonchev–Trinajstić information content (AvgIpc) is 3.09. The third-order valence-electron chi connectivity index (χ3n) is 8.20. The molecular formula is C35H48O24. The van der Waals surface area contributed by atoms with E-state index in [-0.39, 0.29) is 0 Å². The number of ether oxygens (including phenoxy) is 14. The van der Waals surface area contributed by atoms with Crippen molar-refractivity contribution in [2.45, 2.75) is 148 Å². The maximum absolute atomic E-state index is 12.5. The van der Waals surface area contributed by atoms with E-state index >= 15 is 0 Å². The summed E-state index contributed by atoms with van der Waals surface area (Å²) in [6.45, 7) is 7.21. The van der Waals surface area contributed by atoms with E-state index in [4.69, 9.17) is 66.3 Å². The lowest BCUT2D eigenvalue weighted by molar-refractivity contribution is -0.379. The first-order valence-corrected chi connectivity index (χ1v) is 18.0. The average molecular weight is 853 g/mol. The molecule has 14 atom stereocenters. The molecule has 0 aromatic heterocycles. The molecule has 0 saturated carbocycles. The van der Waals surface area contributed by atoms with Crippen molar-refractivity contribution >= 4 is 53.7 Å². The SMILES string of the molecule is CC(=O)OC[C@H]1O[C@@H](O[C@@H]2[C@@H](O[C@@H]3O[C@H](COC(C)=O)[C@H](OC(C)=O)[C@H](OC(C)=O)[C@H]3OC(C)=O)[C@@H](OC(C)=O)CO[C@H]2O)[C@H](OC(C)=O)[C@@H](OC(C)=O)[C@H]1OC(C)=O. The number of esters is 9. The largest absolute Gasteiger partial charge is 0.463 e. The molecule has 59 heavy (non-hydrogen) atoms. The van der Waals surface area contributed by atoms with Crippen LogP contribution in [0.1, 0.15) is 62.3 Å². The van der Waals surface area contributed by atoms with Gasteiger partial charge in [0.1, 0.15) is 37.6 Å². The van der Waals surface area contributed by atoms with Crippen LogP contribution >= 0.6 is 0 Å². The van der Waals surface area contributed by atoms with Gasteiger partial charge >= 0.3 is 53.7 Å². The summed E-state index contributed by atoms with van der Waals surface area (Å²) in [4.78, 5) is 110. The molecule has 3 aliphatic heterocycles. The number of hydrogen-bond acceptors (Lipinski definition) is 24. The quantitative estimate of drug-likeness (QED) is 0.140. The van der Waals surface area contributed by atoms with Crippen molar-refractivity contribution < 1.29 is 115 Å². The standard InChI is InChI=1S/C35H48O24/c1-13(36)46-10-23-25(50-16(4)39)28(52-18(6)41)31(54-20(8)43)34(56-23)58-27-22(49-15(3)38)12-48-33(45)30(27)59-35-32(55-21(9)44)29(53-19(7)42)26(51-17(5)40)24(57-35)11-47-14(2)37/h22-35,45H,10-12H2,1-9H3/t22-,23+,24+,25-,26-,27-,28-,29-,30+,31+,32+,33+,34-,35-/m0/s1. The first-order chi connectivity index (χ1) is 27.6. The van der Waals surface area contributed by atoms with Gasteiger partial charge in [0, 0.05) is 62.3 Å². The normalized spacial score (nSPS) is 32.8. The minimum absolute atomic E-state index is 0.588. The van der Waals surface area contributed by atoms with E-state index in [1.54, 1.807) is 0 Å². The smallest absolute Gasteiger partial charge is 0.303 e. The van der Waals surface area contributed by atoms with E-state index in [1.165, 1.54) is 0 Å². The minimum atomic E-state index is -2.04. The number of hydrogen-bond donors (Lipinski definition) is 1. The Balaban J connectivity index is 2.20. The van der Waals surface area contributed by atoms with Crippen molar-refractivity contribution in [1.82, 2.24) is 0 Å². The van der Waals surface area contributed by atoms with E-state index in [0.29, 0.717) is 0 Å². The Morgan fingerprint density at radius 2 is 0.746 bits per heavy atom. The maximum Gasteiger partial charge on any atom is 0.303 e. The number of aliphatic hydroxyl groups excluding tert-OH is 1. The highest BCUT2D eigenvalue weighted by Crippen LogP contribution is 2.36. The Morgan fingerprint density at radius 1 is 0.424 bits per heavy atom. The third-order valence-corrected chi connectivity index (χ3v) is 8.20. The summed E-state index contributed by atoms with van der Waals surface area (Å²) in [6, 6.07) is 0. The Morgan fingerprint density at radius 3 is 1.08 bits per heavy atom. The lowest BCUT2D eigenvalue weighted by Gasteiger charge is -2.49. The molecular weight excluding hydrogens is 804 g/mol. The number of aliphatic hydroxyl groups is 1. The molecule has 24 heteroatoms. The van der Waals surface area contributed by atoms with Crippen LogP contribution in [0, 0.1) is 0 Å². The molecule has 0 radical (unpaired) electrons. The number of rotatable bonds is 15. The predicted octanol–water partition coefficient (Wildman–Crippen LogP) is -1.80. The van der Waals surface area contributed by atoms with Gasteiger partial charge in [-0.25, -0.2) is 0 Å². The number of carbonyl (C=O) groups is 9. The van der Waals surface area contributed by atoms with Crippen molar-refractivity contribution in [3.05, 3.63) is 0 Å². The Labute approximate surface area is 336 Å². The zero-order chi connectivity index (χ0) is 44.3. The Kier molecular flexibility index (Phi) is 17.9. The van der Waals surface area contributed by atoms with Crippen LogP contribution in [-0.4, -0.2) is 165 Å². The minimum Gasteiger partial charge on any atom is -0.463 e. The lowest BCUT2D eigenvalue weighted by atomic mass is 9.96. The Hall–Kier alpha value is -5.01. The molecule has 1 N–H and O–H groups in total. The fraction of sp³-hybridized carbons (Fsp3) is 0.743. The van der Waals surface area contributed by atoms with Gasteiger partial charge in [-0.1, -0.05) is 0 Å². The van der Waals surface area contributed by atoms with E-state index in [1.807, 2.05) is 0 Å². The summed E-state index contributed by atoms with van der Waals surface area (Å²) in [5.74, 6) is -8.25. The van der Waals surface area contributed by atoms with Gasteiger partial charge < -0.3 is 71.4 Å². The summed E-state index contributed by atoms with van der Waals surface area (Å²) in [7, 11) is 0. The highest BCUT2D eigenvalue weighted by atomic mass is 16.8. The monoisotopic (exact) mass is 852 g/mol. The molecule has 3 heterocycles. The van der Waals surface area contributed by atoms with Crippen LogP contribution in [0.2, 0.25) is 0 Å². The van der Waals surface area contributed by atoms with Gasteiger partial charge in [0.2, 0.25) is 0 Å². The fourth-order valence-corrected chi connectivity index (χ4v) is 6.29. The first kappa shape index (κ1) is 48.4. The van der Waals surface area contributed by atoms with Crippen LogP contribution in [-0.2, 0) is 109 Å². The van der Waals surface area contributed by atoms with Crippen LogP contribution in [0.4, 0.5) is 0 Å². The maximum atomic E-state index is 12.5. The summed E-state index contributed by atoms with van der Waals surface area (Å²) in [5, 5.41) is 11.3. The highest BCUT2D eigenvalue weighted by molar-refractivity contribution is 5.70. The topological polar surface area (TPSA) is 303 Å². The lowest BCUT2D eigenvalue weighted by Crippen LogP contribution is -2.67. The molecule has 3 fully saturated rings. The molecule has 0 unspecified atom stereocenters. The zero-order valence-electron chi connectivity index (χ0n) is 33.5. The van der Waals surface area contributed by atoms with E-state index in [2.05, 4.69) is 0 Å². The first-order valence-electron chi connectivity index (χ1n) is 18.0. The summed E-state index contributed by atoms with van der Waals surface area (Å²) in [6.07, 6.45) is -24.4. The Bertz CT molecular complexity index is 1560. The fourth-order valence-electron chi connectivity index (χ4n) is 6.29. The summed E-state index contributed by atoms with van der Waals surface area (Å²) < 4.78 is 78.1. The second-order valence-corrected chi connectivity index (χ2v) is 13.2. The van der Waals surface area contributed by atoms with Crippen LogP contribution < -0.4 is 0 Å². The molecule has 332 valence electrons. The van der Waals surface area contributed by atoms with Gasteiger partial charge in [-0.15, -0.1) is 0 Å². The summed E-state index contributed by atoms with van der Waals surface area (Å²) >= 11 is 0. The van der Waals surface area contributed by atoms with Gasteiger partial charge in [-0.3, -0.25) is 43.2 Å². The second-order valence-electron chi connectivity index (χ2n) is 13.2. The highest BCUT2D eigenvalue weighted by Gasteiger charge is 2.58. The molecule has 0 amide bonds. The van der Waals surface area contributed by atoms with Crippen molar-refractivity contribution in [3.63, 3.8) is 0 Å². The van der Waals surface area contributed by atoms with Crippen LogP contribution in [0.15, 0.2) is 0 Å². The van der Waals surface area contributed by atoms with Crippen LogP contribution in [0.25, 0.3) is 0 Å². The van der Waals surface area contributed by atoms with Gasteiger partial charge in [-0.2, -0.15) is 0 Å². The third kappa shape index (κ3) is 14.3. The van der Waals surface area contributed by atoms with Crippen molar-refractivity contribution in [1.29, 1.82) is 0 Å². The molecule has 3 saturated heterocycles. The van der Waals surface area contributed by atoms with Crippen LogP contribution in [0.5, 0.6) is 0 Å². The number of carbonyl (C=O) groups excluding carboxylic acids is 9. The summed E-state index contributed by atoms with van der Waals surface area (Å²) in [5.41, 5.74) is 0. The molecule has 3 aliphatic rings. The zero-order valence-corrected chi connectivity index (χ0v) is 33.5. The van der Waals surface area contributed by atoms with E-state index < -0.39 is 160 Å². The van der Waals surface area contributed by atoms with Gasteiger partial charge in [0.05, 0.1) is 6.61 Å². The molecule has 3 rings (SSSR count). The van der Waals surface area contributed by atoms with Crippen molar-refractivity contribution in [3.8, 4) is 0 Å².